The first-order valence-electron chi connectivity index (χ1n) is 3.56. The van der Waals surface area contributed by atoms with Gasteiger partial charge in [-0.25, -0.2) is 0 Å². The predicted octanol–water partition coefficient (Wildman–Crippen LogP) is 2.98. The summed E-state index contributed by atoms with van der Waals surface area (Å²) in [7, 11) is 0. The van der Waals surface area contributed by atoms with E-state index < -0.39 is 12.6 Å². The number of halogens is 3. The van der Waals surface area contributed by atoms with E-state index in [0.717, 1.165) is 12.8 Å². The average Bonchev–Trinajstić information content (AvgIpc) is 1.78. The van der Waals surface area contributed by atoms with Gasteiger partial charge in [-0.05, 0) is 18.3 Å². The van der Waals surface area contributed by atoms with E-state index in [1.165, 1.54) is 0 Å². The zero-order valence-corrected chi connectivity index (χ0v) is 5.91. The van der Waals surface area contributed by atoms with E-state index in [-0.39, 0.29) is 5.92 Å². The van der Waals surface area contributed by atoms with Crippen LogP contribution in [0.5, 0.6) is 0 Å². The summed E-state index contributed by atoms with van der Waals surface area (Å²) in [5.41, 5.74) is 0. The molecule has 0 bridgehead atoms. The van der Waals surface area contributed by atoms with E-state index in [1.807, 2.05) is 6.92 Å². The van der Waals surface area contributed by atoms with Crippen molar-refractivity contribution >= 4 is 0 Å². The molecule has 0 saturated heterocycles. The van der Waals surface area contributed by atoms with Gasteiger partial charge < -0.3 is 0 Å². The summed E-state index contributed by atoms with van der Waals surface area (Å²) in [6.07, 6.45) is -2.78. The number of rotatable bonds is 1. The van der Waals surface area contributed by atoms with Crippen LogP contribution in [0.1, 0.15) is 26.2 Å². The molecule has 1 saturated carbocycles. The third kappa shape index (κ3) is 1.89. The van der Waals surface area contributed by atoms with E-state index in [0.29, 0.717) is 5.92 Å². The molecular formula is C7H11F3. The van der Waals surface area contributed by atoms with Crippen molar-refractivity contribution in [2.24, 2.45) is 11.8 Å². The minimum absolute atomic E-state index is 0.0833. The van der Waals surface area contributed by atoms with Crippen LogP contribution in [0, 0.1) is 11.8 Å². The van der Waals surface area contributed by atoms with Crippen LogP contribution in [0.15, 0.2) is 0 Å². The Morgan fingerprint density at radius 3 is 2.00 bits per heavy atom. The van der Waals surface area contributed by atoms with Crippen LogP contribution in [-0.4, -0.2) is 6.18 Å². The molecule has 0 aliphatic heterocycles. The van der Waals surface area contributed by atoms with Gasteiger partial charge in [-0.2, -0.15) is 13.2 Å². The lowest BCUT2D eigenvalue weighted by molar-refractivity contribution is -0.155. The van der Waals surface area contributed by atoms with Gasteiger partial charge in [0.05, 0.1) is 0 Å². The van der Waals surface area contributed by atoms with Crippen LogP contribution in [-0.2, 0) is 0 Å². The van der Waals surface area contributed by atoms with Gasteiger partial charge in [-0.1, -0.05) is 13.3 Å². The molecule has 1 aliphatic rings. The summed E-state index contributed by atoms with van der Waals surface area (Å²) in [5, 5.41) is 0. The first-order valence-corrected chi connectivity index (χ1v) is 3.56. The third-order valence-corrected chi connectivity index (χ3v) is 2.29. The van der Waals surface area contributed by atoms with Crippen molar-refractivity contribution in [1.29, 1.82) is 0 Å². The van der Waals surface area contributed by atoms with Crippen LogP contribution in [0.3, 0.4) is 0 Å². The predicted molar refractivity (Wildman–Crippen MR) is 32.6 cm³/mol. The molecule has 1 fully saturated rings. The van der Waals surface area contributed by atoms with Gasteiger partial charge in [-0.3, -0.25) is 0 Å². The Hall–Kier alpha value is -0.210. The molecule has 0 nitrogen and oxygen atoms in total. The van der Waals surface area contributed by atoms with Crippen molar-refractivity contribution in [3.63, 3.8) is 0 Å². The highest BCUT2D eigenvalue weighted by Crippen LogP contribution is 2.41. The van der Waals surface area contributed by atoms with Crippen LogP contribution < -0.4 is 0 Å². The van der Waals surface area contributed by atoms with Crippen molar-refractivity contribution in [1.82, 2.24) is 0 Å². The largest absolute Gasteiger partial charge is 0.389 e. The van der Waals surface area contributed by atoms with Crippen LogP contribution in [0.2, 0.25) is 0 Å². The average molecular weight is 152 g/mol. The molecule has 0 amide bonds. The second-order valence-electron chi connectivity index (χ2n) is 3.13. The van der Waals surface area contributed by atoms with Gasteiger partial charge in [0.2, 0.25) is 0 Å². The summed E-state index contributed by atoms with van der Waals surface area (Å²) in [4.78, 5) is 0. The lowest BCUT2D eigenvalue weighted by Gasteiger charge is -2.34. The molecule has 2 unspecified atom stereocenters. The maximum absolute atomic E-state index is 11.7. The fourth-order valence-corrected chi connectivity index (χ4v) is 1.34. The molecule has 2 atom stereocenters. The van der Waals surface area contributed by atoms with E-state index in [4.69, 9.17) is 0 Å². The second-order valence-corrected chi connectivity index (χ2v) is 3.13. The minimum atomic E-state index is -3.95. The molecule has 0 radical (unpaired) electrons. The summed E-state index contributed by atoms with van der Waals surface area (Å²) in [6.45, 7) is 1.89. The van der Waals surface area contributed by atoms with Gasteiger partial charge in [0.1, 0.15) is 0 Å². The highest BCUT2D eigenvalue weighted by molar-refractivity contribution is 4.79. The summed E-state index contributed by atoms with van der Waals surface area (Å²) < 4.78 is 35.1. The minimum Gasteiger partial charge on any atom is -0.171 e. The van der Waals surface area contributed by atoms with E-state index >= 15 is 0 Å². The molecule has 0 N–H and O–H groups in total. The summed E-state index contributed by atoms with van der Waals surface area (Å²) in [6, 6.07) is 0. The van der Waals surface area contributed by atoms with Gasteiger partial charge in [-0.15, -0.1) is 0 Å². The fraction of sp³-hybridized carbons (Fsp3) is 1.00. The molecule has 1 rings (SSSR count). The van der Waals surface area contributed by atoms with Crippen LogP contribution >= 0.6 is 0 Å². The summed E-state index contributed by atoms with van der Waals surface area (Å²) >= 11 is 0. The molecule has 0 spiro atoms. The smallest absolute Gasteiger partial charge is 0.171 e. The van der Waals surface area contributed by atoms with Gasteiger partial charge in [0, 0.05) is 6.42 Å². The second kappa shape index (κ2) is 2.44. The normalized spacial score (nSPS) is 33.6. The Balaban J connectivity index is 2.26. The van der Waals surface area contributed by atoms with Gasteiger partial charge in [0.25, 0.3) is 0 Å². The highest BCUT2D eigenvalue weighted by Gasteiger charge is 2.37. The quantitative estimate of drug-likeness (QED) is 0.541. The standard InChI is InChI=1S/C7H11F3/c1-5-2-3-6(5)4-7(8,9)10/h5-6H,2-4H2,1H3. The maximum Gasteiger partial charge on any atom is 0.389 e. The SMILES string of the molecule is CC1CCC1CC(F)(F)F. The Morgan fingerprint density at radius 1 is 1.30 bits per heavy atom. The van der Waals surface area contributed by atoms with Gasteiger partial charge >= 0.3 is 6.18 Å². The van der Waals surface area contributed by atoms with Gasteiger partial charge in [0.15, 0.2) is 0 Å². The van der Waals surface area contributed by atoms with E-state index in [2.05, 4.69) is 0 Å². The Kier molecular flexibility index (Phi) is 1.92. The maximum atomic E-state index is 11.7. The van der Waals surface area contributed by atoms with Crippen molar-refractivity contribution in [2.75, 3.05) is 0 Å². The zero-order valence-electron chi connectivity index (χ0n) is 5.91. The number of hydrogen-bond donors (Lipinski definition) is 0. The van der Waals surface area contributed by atoms with Crippen molar-refractivity contribution < 1.29 is 13.2 Å². The van der Waals surface area contributed by atoms with Crippen molar-refractivity contribution in [3.05, 3.63) is 0 Å². The van der Waals surface area contributed by atoms with E-state index in [1.54, 1.807) is 0 Å². The lowest BCUT2D eigenvalue weighted by atomic mass is 9.73. The summed E-state index contributed by atoms with van der Waals surface area (Å²) in [5.74, 6) is 0.210. The van der Waals surface area contributed by atoms with Crippen molar-refractivity contribution in [2.45, 2.75) is 32.4 Å². The Labute approximate surface area is 58.4 Å². The molecule has 60 valence electrons. The monoisotopic (exact) mass is 152 g/mol. The molecule has 0 heterocycles. The Morgan fingerprint density at radius 2 is 1.90 bits per heavy atom. The van der Waals surface area contributed by atoms with Crippen LogP contribution in [0.4, 0.5) is 13.2 Å². The first-order chi connectivity index (χ1) is 4.49. The van der Waals surface area contributed by atoms with E-state index in [9.17, 15) is 13.2 Å². The molecule has 10 heavy (non-hydrogen) atoms. The lowest BCUT2D eigenvalue weighted by Crippen LogP contribution is -2.28. The number of hydrogen-bond acceptors (Lipinski definition) is 0. The highest BCUT2D eigenvalue weighted by atomic mass is 19.4. The number of alkyl halides is 3. The zero-order chi connectivity index (χ0) is 7.78. The molecule has 0 aromatic heterocycles. The van der Waals surface area contributed by atoms with Crippen LogP contribution in [0.25, 0.3) is 0 Å². The first kappa shape index (κ1) is 7.89. The molecule has 0 aromatic carbocycles. The molecule has 0 aromatic rings. The molecular weight excluding hydrogens is 141 g/mol. The Bertz CT molecular complexity index is 117. The molecule has 1 aliphatic carbocycles. The molecule has 3 heteroatoms. The fourth-order valence-electron chi connectivity index (χ4n) is 1.34. The topological polar surface area (TPSA) is 0 Å². The van der Waals surface area contributed by atoms with Crippen molar-refractivity contribution in [3.8, 4) is 0 Å². The third-order valence-electron chi connectivity index (χ3n) is 2.29.